The maximum absolute atomic E-state index is 13.0. The molecule has 2 atom stereocenters. The maximum atomic E-state index is 13.0. The second kappa shape index (κ2) is 8.70. The van der Waals surface area contributed by atoms with Gasteiger partial charge < -0.3 is 4.42 Å². The van der Waals surface area contributed by atoms with Crippen LogP contribution in [-0.4, -0.2) is 41.9 Å². The van der Waals surface area contributed by atoms with Crippen molar-refractivity contribution in [2.75, 3.05) is 18.4 Å². The molecule has 11 heteroatoms. The Kier molecular flexibility index (Phi) is 6.16. The highest BCUT2D eigenvalue weighted by molar-refractivity contribution is 7.89. The Bertz CT molecular complexity index is 1180. The normalized spacial score (nSPS) is 20.0. The third-order valence-electron chi connectivity index (χ3n) is 5.02. The van der Waals surface area contributed by atoms with E-state index >= 15 is 0 Å². The number of carbonyl (C=O) groups excluding carboxylic acids is 1. The summed E-state index contributed by atoms with van der Waals surface area (Å²) in [5, 5.41) is 10.2. The topological polar surface area (TPSA) is 105 Å². The lowest BCUT2D eigenvalue weighted by molar-refractivity contribution is 0.102. The van der Waals surface area contributed by atoms with Gasteiger partial charge in [-0.15, -0.1) is 16.4 Å². The molecular weight excluding hydrogens is 460 g/mol. The highest BCUT2D eigenvalue weighted by Crippen LogP contribution is 2.31. The highest BCUT2D eigenvalue weighted by atomic mass is 35.5. The Morgan fingerprint density at radius 1 is 1.13 bits per heavy atom. The summed E-state index contributed by atoms with van der Waals surface area (Å²) < 4.78 is 33.5. The molecule has 0 radical (unpaired) electrons. The summed E-state index contributed by atoms with van der Waals surface area (Å²) in [4.78, 5) is 13.4. The van der Waals surface area contributed by atoms with E-state index in [1.54, 1.807) is 12.1 Å². The van der Waals surface area contributed by atoms with E-state index in [-0.39, 0.29) is 22.4 Å². The number of anilines is 1. The molecule has 0 saturated carbocycles. The summed E-state index contributed by atoms with van der Waals surface area (Å²) in [7, 11) is -3.60. The second-order valence-corrected chi connectivity index (χ2v) is 11.4. The minimum atomic E-state index is -3.60. The number of piperidine rings is 1. The van der Waals surface area contributed by atoms with Gasteiger partial charge in [-0.25, -0.2) is 8.42 Å². The quantitative estimate of drug-likeness (QED) is 0.581. The van der Waals surface area contributed by atoms with Crippen molar-refractivity contribution in [3.05, 3.63) is 46.3 Å². The van der Waals surface area contributed by atoms with Gasteiger partial charge in [-0.3, -0.25) is 10.1 Å². The number of benzene rings is 1. The van der Waals surface area contributed by atoms with Gasteiger partial charge in [0.05, 0.1) is 14.1 Å². The molecule has 0 aliphatic carbocycles. The molecule has 0 unspecified atom stereocenters. The summed E-state index contributed by atoms with van der Waals surface area (Å²) in [5.74, 6) is 0.392. The molecule has 1 N–H and O–H groups in total. The van der Waals surface area contributed by atoms with Gasteiger partial charge in [-0.2, -0.15) is 4.31 Å². The number of hydrogen-bond donors (Lipinski definition) is 1. The van der Waals surface area contributed by atoms with Crippen molar-refractivity contribution in [3.8, 4) is 10.8 Å². The van der Waals surface area contributed by atoms with Crippen LogP contribution in [0.2, 0.25) is 4.34 Å². The van der Waals surface area contributed by atoms with Gasteiger partial charge in [0, 0.05) is 18.7 Å². The number of amides is 1. The lowest BCUT2D eigenvalue weighted by Gasteiger charge is -2.34. The monoisotopic (exact) mass is 480 g/mol. The number of nitrogens with one attached hydrogen (secondary N) is 1. The number of halogens is 1. The number of nitrogens with zero attached hydrogens (tertiary/aromatic N) is 3. The van der Waals surface area contributed by atoms with E-state index in [1.165, 1.54) is 39.9 Å². The zero-order chi connectivity index (χ0) is 22.2. The van der Waals surface area contributed by atoms with Crippen LogP contribution in [0.25, 0.3) is 10.8 Å². The Balaban J connectivity index is 1.45. The fourth-order valence-electron chi connectivity index (χ4n) is 3.70. The van der Waals surface area contributed by atoms with Crippen LogP contribution in [0.1, 0.15) is 30.6 Å². The van der Waals surface area contributed by atoms with Crippen molar-refractivity contribution in [2.24, 2.45) is 11.8 Å². The van der Waals surface area contributed by atoms with Crippen LogP contribution in [0.5, 0.6) is 0 Å². The summed E-state index contributed by atoms with van der Waals surface area (Å²) in [6.07, 6.45) is 1.02. The Morgan fingerprint density at radius 3 is 2.42 bits per heavy atom. The molecule has 1 amide bonds. The first-order valence-electron chi connectivity index (χ1n) is 9.73. The van der Waals surface area contributed by atoms with Gasteiger partial charge in [0.25, 0.3) is 11.8 Å². The van der Waals surface area contributed by atoms with Gasteiger partial charge >= 0.3 is 6.01 Å². The molecule has 0 spiro atoms. The van der Waals surface area contributed by atoms with E-state index in [1.807, 2.05) is 0 Å². The molecule has 4 rings (SSSR count). The first-order valence-corrected chi connectivity index (χ1v) is 12.4. The third kappa shape index (κ3) is 4.82. The van der Waals surface area contributed by atoms with Crippen LogP contribution in [0.4, 0.5) is 6.01 Å². The summed E-state index contributed by atoms with van der Waals surface area (Å²) in [6.45, 7) is 5.12. The minimum absolute atomic E-state index is 0.0579. The smallest absolute Gasteiger partial charge is 0.322 e. The van der Waals surface area contributed by atoms with E-state index in [4.69, 9.17) is 16.0 Å². The van der Waals surface area contributed by atoms with Crippen molar-refractivity contribution in [2.45, 2.75) is 25.2 Å². The molecule has 0 bridgehead atoms. The minimum Gasteiger partial charge on any atom is -0.402 e. The molecule has 8 nitrogen and oxygen atoms in total. The van der Waals surface area contributed by atoms with E-state index in [0.29, 0.717) is 34.1 Å². The van der Waals surface area contributed by atoms with Crippen molar-refractivity contribution in [1.29, 1.82) is 0 Å². The van der Waals surface area contributed by atoms with Crippen LogP contribution in [-0.2, 0) is 10.0 Å². The van der Waals surface area contributed by atoms with Crippen molar-refractivity contribution in [1.82, 2.24) is 14.5 Å². The van der Waals surface area contributed by atoms with Crippen molar-refractivity contribution in [3.63, 3.8) is 0 Å². The average molecular weight is 481 g/mol. The SMILES string of the molecule is C[C@@H]1C[C@H](C)CN(S(=O)(=O)c2ccc(C(=O)Nc3nnc(-c4ccc(Cl)s4)o3)cc2)C1. The van der Waals surface area contributed by atoms with Crippen LogP contribution < -0.4 is 5.32 Å². The van der Waals surface area contributed by atoms with Crippen molar-refractivity contribution >= 4 is 44.9 Å². The van der Waals surface area contributed by atoms with E-state index < -0.39 is 15.9 Å². The molecule has 1 aliphatic heterocycles. The lowest BCUT2D eigenvalue weighted by Crippen LogP contribution is -2.42. The summed E-state index contributed by atoms with van der Waals surface area (Å²) in [6, 6.07) is 9.23. The predicted octanol–water partition coefficient (Wildman–Crippen LogP) is 4.37. The number of hydrogen-bond acceptors (Lipinski definition) is 7. The predicted molar refractivity (Wildman–Crippen MR) is 119 cm³/mol. The molecule has 1 aliphatic rings. The molecule has 164 valence electrons. The first kappa shape index (κ1) is 21.9. The molecular formula is C20H21ClN4O4S2. The lowest BCUT2D eigenvalue weighted by atomic mass is 9.94. The standard InChI is InChI=1S/C20H21ClN4O4S2/c1-12-9-13(2)11-25(10-12)31(27,28)15-5-3-14(4-6-15)18(26)22-20-24-23-19(29-20)16-7-8-17(21)30-16/h3-8,12-13H,9-11H2,1-2H3,(H,22,24,26)/t12-,13+. The van der Waals surface area contributed by atoms with E-state index in [9.17, 15) is 13.2 Å². The largest absolute Gasteiger partial charge is 0.402 e. The maximum Gasteiger partial charge on any atom is 0.322 e. The number of aromatic nitrogens is 2. The molecule has 3 heterocycles. The molecule has 1 aromatic carbocycles. The summed E-state index contributed by atoms with van der Waals surface area (Å²) >= 11 is 7.18. The van der Waals surface area contributed by atoms with Gasteiger partial charge in [0.1, 0.15) is 0 Å². The average Bonchev–Trinajstić information content (AvgIpc) is 3.36. The fourth-order valence-corrected chi connectivity index (χ4v) is 6.35. The fraction of sp³-hybridized carbons (Fsp3) is 0.350. The van der Waals surface area contributed by atoms with Gasteiger partial charge in [-0.1, -0.05) is 30.5 Å². The summed E-state index contributed by atoms with van der Waals surface area (Å²) in [5.41, 5.74) is 0.276. The van der Waals surface area contributed by atoms with Crippen LogP contribution in [0.15, 0.2) is 45.7 Å². The van der Waals surface area contributed by atoms with Crippen LogP contribution in [0, 0.1) is 11.8 Å². The van der Waals surface area contributed by atoms with Crippen molar-refractivity contribution < 1.29 is 17.6 Å². The van der Waals surface area contributed by atoms with Gasteiger partial charge in [-0.05, 0) is 54.7 Å². The van der Waals surface area contributed by atoms with Crippen LogP contribution >= 0.6 is 22.9 Å². The molecule has 1 saturated heterocycles. The van der Waals surface area contributed by atoms with Gasteiger partial charge in [0.2, 0.25) is 10.0 Å². The molecule has 1 fully saturated rings. The Hall–Kier alpha value is -2.27. The zero-order valence-corrected chi connectivity index (χ0v) is 19.3. The number of rotatable bonds is 5. The first-order chi connectivity index (χ1) is 14.7. The highest BCUT2D eigenvalue weighted by Gasteiger charge is 2.31. The second-order valence-electron chi connectivity index (χ2n) is 7.76. The number of thiophene rings is 1. The number of sulfonamides is 1. The Labute approximate surface area is 189 Å². The number of carbonyl (C=O) groups is 1. The zero-order valence-electron chi connectivity index (χ0n) is 16.9. The van der Waals surface area contributed by atoms with E-state index in [2.05, 4.69) is 29.4 Å². The van der Waals surface area contributed by atoms with E-state index in [0.717, 1.165) is 6.42 Å². The van der Waals surface area contributed by atoms with Crippen LogP contribution in [0.3, 0.4) is 0 Å². The molecule has 31 heavy (non-hydrogen) atoms. The third-order valence-corrected chi connectivity index (χ3v) is 8.08. The Morgan fingerprint density at radius 2 is 1.81 bits per heavy atom. The molecule has 2 aromatic heterocycles. The van der Waals surface area contributed by atoms with Gasteiger partial charge in [0.15, 0.2) is 0 Å². The molecule has 3 aromatic rings.